The fourth-order valence-electron chi connectivity index (χ4n) is 5.10. The van der Waals surface area contributed by atoms with E-state index in [-0.39, 0.29) is 31.1 Å². The van der Waals surface area contributed by atoms with E-state index in [4.69, 9.17) is 28.4 Å². The Morgan fingerprint density at radius 3 is 2.03 bits per heavy atom. The van der Waals surface area contributed by atoms with Crippen LogP contribution in [0.1, 0.15) is 68.2 Å². The molecule has 8 atom stereocenters. The molecule has 2 aliphatic rings. The summed E-state index contributed by atoms with van der Waals surface area (Å²) in [5.41, 5.74) is -2.04. The Labute approximate surface area is 228 Å². The van der Waals surface area contributed by atoms with E-state index in [2.05, 4.69) is 0 Å². The van der Waals surface area contributed by atoms with Crippen LogP contribution in [0, 0.1) is 11.3 Å². The molecule has 1 aliphatic carbocycles. The van der Waals surface area contributed by atoms with Crippen molar-refractivity contribution in [2.45, 2.75) is 111 Å². The lowest BCUT2D eigenvalue weighted by atomic mass is 9.60. The highest BCUT2D eigenvalue weighted by Gasteiger charge is 2.53. The summed E-state index contributed by atoms with van der Waals surface area (Å²) in [7, 11) is 0. The molecule has 0 bridgehead atoms. The molecule has 0 aromatic carbocycles. The van der Waals surface area contributed by atoms with Gasteiger partial charge >= 0.3 is 23.9 Å². The number of ether oxygens (including phenoxy) is 6. The average molecular weight is 557 g/mol. The van der Waals surface area contributed by atoms with Crippen molar-refractivity contribution in [1.29, 1.82) is 0 Å². The molecule has 12 nitrogen and oxygen atoms in total. The fraction of sp³-hybridized carbons (Fsp3) is 0.741. The SMILES string of the molecule is CC(=O)OC[C@H]1O[C@@H](OC(C)/C=C/[C@@]2(O)[C@@H](C)CC(=O)CC2(C)C)[C@H](OC(C)=O)[C@@H](OC(C)=O)[C@@H]1OC(C)=O. The number of ketones is 1. The molecule has 2 rings (SSSR count). The van der Waals surface area contributed by atoms with E-state index in [9.17, 15) is 29.1 Å². The number of carbonyl (C=O) groups is 5. The predicted octanol–water partition coefficient (Wildman–Crippen LogP) is 1.79. The maximum atomic E-state index is 12.1. The zero-order chi connectivity index (χ0) is 29.7. The largest absolute Gasteiger partial charge is 0.463 e. The van der Waals surface area contributed by atoms with Crippen LogP contribution in [0.25, 0.3) is 0 Å². The molecule has 12 heteroatoms. The van der Waals surface area contributed by atoms with E-state index in [1.54, 1.807) is 26.0 Å². The van der Waals surface area contributed by atoms with Crippen LogP contribution in [0.2, 0.25) is 0 Å². The Balaban J connectivity index is 2.39. The Kier molecular flexibility index (Phi) is 10.8. The quantitative estimate of drug-likeness (QED) is 0.249. The standard InChI is InChI=1S/C27H40O12/c1-14-11-20(32)12-26(7,8)27(14,33)10-9-15(2)35-25-24(38-19(6)31)23(37-18(5)30)22(36-17(4)29)21(39-25)13-34-16(3)28/h9-10,14-15,21-25,33H,11-13H2,1-8H3/b10-9+/t14-,15?,21+,22+,23-,24+,25+,27+/m0/s1. The van der Waals surface area contributed by atoms with Crippen molar-refractivity contribution in [3.8, 4) is 0 Å². The number of hydrogen-bond donors (Lipinski definition) is 1. The molecule has 0 spiro atoms. The van der Waals surface area contributed by atoms with Crippen LogP contribution < -0.4 is 0 Å². The van der Waals surface area contributed by atoms with E-state index in [1.165, 1.54) is 6.92 Å². The molecule has 0 amide bonds. The summed E-state index contributed by atoms with van der Waals surface area (Å²) in [6, 6.07) is 0. The van der Waals surface area contributed by atoms with Gasteiger partial charge in [-0.1, -0.05) is 32.9 Å². The summed E-state index contributed by atoms with van der Waals surface area (Å²) in [4.78, 5) is 59.4. The molecule has 1 unspecified atom stereocenters. The van der Waals surface area contributed by atoms with Crippen LogP contribution in [0.15, 0.2) is 12.2 Å². The molecule has 220 valence electrons. The minimum absolute atomic E-state index is 0.0763. The molecule has 1 saturated carbocycles. The third kappa shape index (κ3) is 8.33. The zero-order valence-corrected chi connectivity index (χ0v) is 23.8. The van der Waals surface area contributed by atoms with Gasteiger partial charge in [0.25, 0.3) is 0 Å². The molecular weight excluding hydrogens is 516 g/mol. The lowest BCUT2D eigenvalue weighted by Gasteiger charge is -2.48. The average Bonchev–Trinajstić information content (AvgIpc) is 2.77. The van der Waals surface area contributed by atoms with Crippen molar-refractivity contribution in [2.75, 3.05) is 6.61 Å². The lowest BCUT2D eigenvalue weighted by molar-refractivity contribution is -0.312. The second-order valence-corrected chi connectivity index (χ2v) is 10.8. The summed E-state index contributed by atoms with van der Waals surface area (Å²) >= 11 is 0. The van der Waals surface area contributed by atoms with E-state index in [0.29, 0.717) is 0 Å². The summed E-state index contributed by atoms with van der Waals surface area (Å²) in [6.07, 6.45) is -3.57. The molecule has 39 heavy (non-hydrogen) atoms. The topological polar surface area (TPSA) is 161 Å². The lowest BCUT2D eigenvalue weighted by Crippen LogP contribution is -2.63. The second kappa shape index (κ2) is 13.0. The monoisotopic (exact) mass is 556 g/mol. The molecular formula is C27H40O12. The normalized spacial score (nSPS) is 33.2. The highest BCUT2D eigenvalue weighted by atomic mass is 16.7. The molecule has 1 aliphatic heterocycles. The maximum absolute atomic E-state index is 12.1. The van der Waals surface area contributed by atoms with Gasteiger partial charge in [-0.3, -0.25) is 24.0 Å². The first-order chi connectivity index (χ1) is 18.0. The number of hydrogen-bond acceptors (Lipinski definition) is 12. The summed E-state index contributed by atoms with van der Waals surface area (Å²) in [6.45, 7) is 11.3. The van der Waals surface area contributed by atoms with Crippen LogP contribution in [0.4, 0.5) is 0 Å². The summed E-state index contributed by atoms with van der Waals surface area (Å²) in [5.74, 6) is -3.12. The number of aliphatic hydroxyl groups is 1. The molecule has 1 N–H and O–H groups in total. The van der Waals surface area contributed by atoms with E-state index < -0.39 is 71.7 Å². The Morgan fingerprint density at radius 1 is 0.974 bits per heavy atom. The van der Waals surface area contributed by atoms with Gasteiger partial charge in [-0.25, -0.2) is 0 Å². The predicted molar refractivity (Wildman–Crippen MR) is 134 cm³/mol. The Hall–Kier alpha value is -2.83. The van der Waals surface area contributed by atoms with Gasteiger partial charge in [0.1, 0.15) is 18.5 Å². The molecule has 0 radical (unpaired) electrons. The van der Waals surface area contributed by atoms with Gasteiger partial charge in [0, 0.05) is 46.0 Å². The van der Waals surface area contributed by atoms with E-state index >= 15 is 0 Å². The van der Waals surface area contributed by atoms with Crippen LogP contribution in [-0.2, 0) is 52.4 Å². The first kappa shape index (κ1) is 32.4. The van der Waals surface area contributed by atoms with Crippen molar-refractivity contribution in [2.24, 2.45) is 11.3 Å². The Morgan fingerprint density at radius 2 is 1.51 bits per heavy atom. The minimum Gasteiger partial charge on any atom is -0.463 e. The van der Waals surface area contributed by atoms with Gasteiger partial charge in [-0.05, 0) is 12.8 Å². The molecule has 1 saturated heterocycles. The number of esters is 4. The van der Waals surface area contributed by atoms with Gasteiger partial charge in [0.2, 0.25) is 0 Å². The minimum atomic E-state index is -1.36. The number of rotatable bonds is 9. The van der Waals surface area contributed by atoms with Crippen molar-refractivity contribution in [3.63, 3.8) is 0 Å². The number of carbonyl (C=O) groups excluding carboxylic acids is 5. The number of Topliss-reactive ketones (excluding diaryl/α,β-unsaturated/α-hetero) is 1. The van der Waals surface area contributed by atoms with Crippen LogP contribution in [0.5, 0.6) is 0 Å². The zero-order valence-electron chi connectivity index (χ0n) is 23.8. The van der Waals surface area contributed by atoms with Gasteiger partial charge < -0.3 is 33.5 Å². The summed E-state index contributed by atoms with van der Waals surface area (Å²) < 4.78 is 33.2. The van der Waals surface area contributed by atoms with Crippen LogP contribution in [0.3, 0.4) is 0 Å². The van der Waals surface area contributed by atoms with Crippen molar-refractivity contribution in [1.82, 2.24) is 0 Å². The molecule has 0 aromatic rings. The van der Waals surface area contributed by atoms with Gasteiger partial charge in [-0.2, -0.15) is 0 Å². The Bertz CT molecular complexity index is 972. The van der Waals surface area contributed by atoms with Gasteiger partial charge in [0.05, 0.1) is 11.7 Å². The van der Waals surface area contributed by atoms with E-state index in [0.717, 1.165) is 20.8 Å². The second-order valence-electron chi connectivity index (χ2n) is 10.8. The third-order valence-corrected chi connectivity index (χ3v) is 6.93. The first-order valence-corrected chi connectivity index (χ1v) is 12.9. The highest BCUT2D eigenvalue weighted by Crippen LogP contribution is 2.46. The first-order valence-electron chi connectivity index (χ1n) is 12.9. The third-order valence-electron chi connectivity index (χ3n) is 6.93. The van der Waals surface area contributed by atoms with E-state index in [1.807, 2.05) is 13.8 Å². The highest BCUT2D eigenvalue weighted by molar-refractivity contribution is 5.81. The summed E-state index contributed by atoms with van der Waals surface area (Å²) in [5, 5.41) is 11.5. The van der Waals surface area contributed by atoms with Gasteiger partial charge in [0.15, 0.2) is 24.6 Å². The fourth-order valence-corrected chi connectivity index (χ4v) is 5.10. The molecule has 2 fully saturated rings. The van der Waals surface area contributed by atoms with Crippen LogP contribution >= 0.6 is 0 Å². The van der Waals surface area contributed by atoms with Crippen molar-refractivity contribution in [3.05, 3.63) is 12.2 Å². The van der Waals surface area contributed by atoms with Crippen molar-refractivity contribution < 1.29 is 57.5 Å². The van der Waals surface area contributed by atoms with Crippen LogP contribution in [-0.4, -0.2) is 83.8 Å². The van der Waals surface area contributed by atoms with Gasteiger partial charge in [-0.15, -0.1) is 0 Å². The smallest absolute Gasteiger partial charge is 0.303 e. The molecule has 1 heterocycles. The maximum Gasteiger partial charge on any atom is 0.303 e. The molecule has 0 aromatic heterocycles. The van der Waals surface area contributed by atoms with Crippen molar-refractivity contribution >= 4 is 29.7 Å².